The zero-order valence-corrected chi connectivity index (χ0v) is 17.3. The molecule has 170 valence electrons. The van der Waals surface area contributed by atoms with Crippen molar-refractivity contribution in [1.82, 2.24) is 9.97 Å². The summed E-state index contributed by atoms with van der Waals surface area (Å²) in [5.41, 5.74) is 1.26. The summed E-state index contributed by atoms with van der Waals surface area (Å²) in [6, 6.07) is 9.38. The minimum Gasteiger partial charge on any atom is -0.431 e. The van der Waals surface area contributed by atoms with Gasteiger partial charge in [-0.3, -0.25) is 9.97 Å². The van der Waals surface area contributed by atoms with Crippen LogP contribution < -0.4 is 14.4 Å². The Hall–Kier alpha value is -3.41. The molecule has 0 amide bonds. The van der Waals surface area contributed by atoms with Crippen LogP contribution in [0.2, 0.25) is 0 Å². The van der Waals surface area contributed by atoms with Crippen molar-refractivity contribution >= 4 is 21.2 Å². The minimum absolute atomic E-state index is 0.0862. The topological polar surface area (TPSA) is 81.6 Å². The minimum atomic E-state index is -3.44. The number of halogens is 4. The van der Waals surface area contributed by atoms with Crippen molar-refractivity contribution in [3.63, 3.8) is 0 Å². The lowest BCUT2D eigenvalue weighted by Gasteiger charge is -2.26. The van der Waals surface area contributed by atoms with Crippen LogP contribution >= 0.6 is 0 Å². The van der Waals surface area contributed by atoms with Gasteiger partial charge in [0.2, 0.25) is 0 Å². The van der Waals surface area contributed by atoms with Crippen LogP contribution in [0.3, 0.4) is 0 Å². The molecule has 0 fully saturated rings. The van der Waals surface area contributed by atoms with Crippen molar-refractivity contribution in [2.24, 2.45) is 0 Å². The third kappa shape index (κ3) is 6.06. The van der Waals surface area contributed by atoms with Gasteiger partial charge in [0.1, 0.15) is 0 Å². The first-order valence-electron chi connectivity index (χ1n) is 8.99. The van der Waals surface area contributed by atoms with Crippen molar-refractivity contribution < 1.29 is 35.5 Å². The Balaban J connectivity index is 2.06. The summed E-state index contributed by atoms with van der Waals surface area (Å²) in [6.07, 6.45) is 5.49. The molecule has 12 heteroatoms. The lowest BCUT2D eigenvalue weighted by atomic mass is 10.2. The van der Waals surface area contributed by atoms with Gasteiger partial charge in [-0.15, -0.1) is 0 Å². The molecule has 2 aromatic carbocycles. The molecule has 0 unspecified atom stereocenters. The van der Waals surface area contributed by atoms with Crippen molar-refractivity contribution in [1.29, 1.82) is 0 Å². The number of nitrogens with zero attached hydrogens (tertiary/aromatic N) is 3. The van der Waals surface area contributed by atoms with Gasteiger partial charge in [0.25, 0.3) is 0 Å². The molecule has 0 atom stereocenters. The molecule has 32 heavy (non-hydrogen) atoms. The molecule has 0 aliphatic rings. The van der Waals surface area contributed by atoms with Crippen LogP contribution in [-0.2, 0) is 16.4 Å². The predicted molar refractivity (Wildman–Crippen MR) is 107 cm³/mol. The highest BCUT2D eigenvalue weighted by Gasteiger charge is 2.19. The molecule has 0 saturated carbocycles. The van der Waals surface area contributed by atoms with E-state index in [1.54, 1.807) is 4.90 Å². The first-order valence-corrected chi connectivity index (χ1v) is 10.9. The molecule has 0 spiro atoms. The maximum Gasteiger partial charge on any atom is 0.387 e. The number of benzene rings is 2. The van der Waals surface area contributed by atoms with E-state index in [0.29, 0.717) is 11.4 Å². The summed E-state index contributed by atoms with van der Waals surface area (Å²) in [7, 11) is -3.44. The second kappa shape index (κ2) is 9.81. The summed E-state index contributed by atoms with van der Waals surface area (Å²) < 4.78 is 83.1. The molecular formula is C20H17F4N3O4S. The average molecular weight is 471 g/mol. The Bertz CT molecular complexity index is 1150. The number of hydrogen-bond donors (Lipinski definition) is 0. The molecular weight excluding hydrogens is 454 g/mol. The Kier molecular flexibility index (Phi) is 7.13. The largest absolute Gasteiger partial charge is 0.431 e. The fourth-order valence-corrected chi connectivity index (χ4v) is 3.46. The summed E-state index contributed by atoms with van der Waals surface area (Å²) in [6.45, 7) is -6.40. The molecule has 0 aliphatic carbocycles. The standard InChI is InChI=1S/C20H17F4N3O4S/c1-32(28,29)16-5-2-14(3-6-16)27(12-13-11-25-8-9-26-13)15-4-7-17(30-19(21)22)18(10-15)31-20(23)24/h2-11,19-20H,12H2,1H3. The quantitative estimate of drug-likeness (QED) is 0.427. The van der Waals surface area contributed by atoms with Gasteiger partial charge < -0.3 is 14.4 Å². The van der Waals surface area contributed by atoms with Crippen LogP contribution in [0.25, 0.3) is 0 Å². The van der Waals surface area contributed by atoms with Crippen LogP contribution in [0.5, 0.6) is 11.5 Å². The normalized spacial score (nSPS) is 11.6. The van der Waals surface area contributed by atoms with Crippen molar-refractivity contribution in [2.75, 3.05) is 11.2 Å². The monoisotopic (exact) mass is 471 g/mol. The van der Waals surface area contributed by atoms with E-state index in [1.165, 1.54) is 48.9 Å². The van der Waals surface area contributed by atoms with Crippen molar-refractivity contribution in [2.45, 2.75) is 24.7 Å². The number of hydrogen-bond acceptors (Lipinski definition) is 7. The molecule has 1 heterocycles. The second-order valence-electron chi connectivity index (χ2n) is 6.44. The Morgan fingerprint density at radius 3 is 2.09 bits per heavy atom. The molecule has 1 aromatic heterocycles. The average Bonchev–Trinajstić information content (AvgIpc) is 2.73. The van der Waals surface area contributed by atoms with E-state index in [2.05, 4.69) is 19.4 Å². The maximum absolute atomic E-state index is 12.8. The molecule has 0 radical (unpaired) electrons. The number of aromatic nitrogens is 2. The Morgan fingerprint density at radius 2 is 1.53 bits per heavy atom. The summed E-state index contributed by atoms with van der Waals surface area (Å²) in [5.74, 6) is -1.15. The van der Waals surface area contributed by atoms with Gasteiger partial charge in [0.15, 0.2) is 21.3 Å². The van der Waals surface area contributed by atoms with Gasteiger partial charge >= 0.3 is 13.2 Å². The predicted octanol–water partition coefficient (Wildman–Crippen LogP) is 4.42. The number of ether oxygens (including phenoxy) is 2. The summed E-state index contributed by atoms with van der Waals surface area (Å²) in [4.78, 5) is 9.84. The van der Waals surface area contributed by atoms with E-state index in [4.69, 9.17) is 0 Å². The highest BCUT2D eigenvalue weighted by atomic mass is 32.2. The summed E-state index contributed by atoms with van der Waals surface area (Å²) >= 11 is 0. The Morgan fingerprint density at radius 1 is 0.906 bits per heavy atom. The van der Waals surface area contributed by atoms with Gasteiger partial charge in [0.05, 0.1) is 23.3 Å². The van der Waals surface area contributed by atoms with Crippen LogP contribution in [0.4, 0.5) is 28.9 Å². The summed E-state index contributed by atoms with van der Waals surface area (Å²) in [5, 5.41) is 0. The van der Waals surface area contributed by atoms with E-state index in [1.807, 2.05) is 0 Å². The van der Waals surface area contributed by atoms with Crippen LogP contribution in [0.1, 0.15) is 5.69 Å². The second-order valence-corrected chi connectivity index (χ2v) is 8.45. The highest BCUT2D eigenvalue weighted by Crippen LogP contribution is 2.37. The zero-order chi connectivity index (χ0) is 23.3. The fourth-order valence-electron chi connectivity index (χ4n) is 2.82. The number of anilines is 2. The Labute approximate surface area is 181 Å². The van der Waals surface area contributed by atoms with Crippen LogP contribution in [0, 0.1) is 0 Å². The third-order valence-corrected chi connectivity index (χ3v) is 5.31. The van der Waals surface area contributed by atoms with E-state index in [0.717, 1.165) is 18.4 Å². The molecule has 3 rings (SSSR count). The lowest BCUT2D eigenvalue weighted by Crippen LogP contribution is -2.18. The molecule has 3 aromatic rings. The van der Waals surface area contributed by atoms with E-state index in [9.17, 15) is 26.0 Å². The lowest BCUT2D eigenvalue weighted by molar-refractivity contribution is -0.0692. The van der Waals surface area contributed by atoms with E-state index < -0.39 is 34.6 Å². The fraction of sp³-hybridized carbons (Fsp3) is 0.200. The maximum atomic E-state index is 12.8. The molecule has 0 bridgehead atoms. The smallest absolute Gasteiger partial charge is 0.387 e. The molecule has 0 N–H and O–H groups in total. The van der Waals surface area contributed by atoms with Crippen molar-refractivity contribution in [3.05, 3.63) is 66.7 Å². The van der Waals surface area contributed by atoms with Gasteiger partial charge in [-0.05, 0) is 36.4 Å². The third-order valence-electron chi connectivity index (χ3n) is 4.18. The molecule has 0 saturated heterocycles. The van der Waals surface area contributed by atoms with Crippen molar-refractivity contribution in [3.8, 4) is 11.5 Å². The SMILES string of the molecule is CS(=O)(=O)c1ccc(N(Cc2cnccn2)c2ccc(OC(F)F)c(OC(F)F)c2)cc1. The zero-order valence-electron chi connectivity index (χ0n) is 16.5. The number of alkyl halides is 4. The molecule has 7 nitrogen and oxygen atoms in total. The van der Waals surface area contributed by atoms with Gasteiger partial charge in [-0.2, -0.15) is 17.6 Å². The number of sulfone groups is 1. The van der Waals surface area contributed by atoms with E-state index in [-0.39, 0.29) is 17.1 Å². The van der Waals surface area contributed by atoms with E-state index >= 15 is 0 Å². The van der Waals surface area contributed by atoms with Gasteiger partial charge in [-0.25, -0.2) is 8.42 Å². The van der Waals surface area contributed by atoms with Crippen LogP contribution in [0.15, 0.2) is 66.0 Å². The van der Waals surface area contributed by atoms with Gasteiger partial charge in [-0.1, -0.05) is 0 Å². The van der Waals surface area contributed by atoms with Crippen LogP contribution in [-0.4, -0.2) is 37.9 Å². The highest BCUT2D eigenvalue weighted by molar-refractivity contribution is 7.90. The number of rotatable bonds is 9. The first kappa shape index (κ1) is 23.3. The first-order chi connectivity index (χ1) is 15.1. The molecule has 0 aliphatic heterocycles. The van der Waals surface area contributed by atoms with Gasteiger partial charge in [0, 0.05) is 36.1 Å².